The van der Waals surface area contributed by atoms with Gasteiger partial charge in [0.15, 0.2) is 1.41 Å². The van der Waals surface area contributed by atoms with Crippen LogP contribution in [-0.2, 0) is 0 Å². The molecular weight excluding hydrogens is 110 g/mol. The molecule has 0 aliphatic rings. The third-order valence-corrected chi connectivity index (χ3v) is 1.34. The van der Waals surface area contributed by atoms with Crippen molar-refractivity contribution in [3.05, 3.63) is 36.5 Å². The number of hydrogen-bond donors (Lipinski definition) is 1. The zero-order valence-electron chi connectivity index (χ0n) is 6.83. The summed E-state index contributed by atoms with van der Waals surface area (Å²) in [6.07, 6.45) is 0.228. The van der Waals surface area contributed by atoms with Crippen LogP contribution in [0.15, 0.2) is 36.5 Å². The Morgan fingerprint density at radius 3 is 3.11 bits per heavy atom. The molecule has 0 unspecified atom stereocenters. The van der Waals surface area contributed by atoms with Crippen molar-refractivity contribution in [1.82, 2.24) is 4.98 Å². The molecule has 1 aromatic carbocycles. The standard InChI is InChI=1S/C8H7N/c1-2-4-8-7(3-1)5-6-9-8/h1-6,9H/i6D/hD. The second-order valence-corrected chi connectivity index (χ2v) is 1.94. The van der Waals surface area contributed by atoms with Gasteiger partial charge in [0.25, 0.3) is 0 Å². The molecule has 9 heavy (non-hydrogen) atoms. The number of nitrogens with one attached hydrogen (secondary N) is 1. The van der Waals surface area contributed by atoms with Crippen molar-refractivity contribution in [2.75, 3.05) is 0 Å². The molecule has 0 atom stereocenters. The molecule has 1 N–H and O–H groups in total. The average Bonchev–Trinajstić information content (AvgIpc) is 2.30. The quantitative estimate of drug-likeness (QED) is 0.547. The van der Waals surface area contributed by atoms with E-state index in [0.717, 1.165) is 15.9 Å². The van der Waals surface area contributed by atoms with Crippen LogP contribution in [0.3, 0.4) is 0 Å². The first kappa shape index (κ1) is 3.06. The van der Waals surface area contributed by atoms with Crippen LogP contribution in [0.4, 0.5) is 0 Å². The number of hydrogen-bond acceptors (Lipinski definition) is 0. The number of para-hydroxylation sites is 1. The molecule has 0 aliphatic carbocycles. The molecule has 1 aromatic heterocycles. The first-order valence-corrected chi connectivity index (χ1v) is 2.85. The Balaban J connectivity index is 2.92. The van der Waals surface area contributed by atoms with E-state index in [9.17, 15) is 0 Å². The third kappa shape index (κ3) is 0.617. The van der Waals surface area contributed by atoms with Gasteiger partial charge in [-0.05, 0) is 17.5 Å². The molecule has 1 heteroatoms. The molecule has 0 spiro atoms. The topological polar surface area (TPSA) is 15.8 Å². The van der Waals surface area contributed by atoms with Gasteiger partial charge in [0, 0.05) is 11.7 Å². The highest BCUT2D eigenvalue weighted by Crippen LogP contribution is 2.09. The largest absolute Gasteiger partial charge is 0.361 e. The fourth-order valence-electron chi connectivity index (χ4n) is 0.883. The minimum absolute atomic E-state index is 0.228. The normalized spacial score (nSPS) is 13.3. The Labute approximate surface area is 56.2 Å². The minimum Gasteiger partial charge on any atom is -0.361 e. The van der Waals surface area contributed by atoms with Crippen molar-refractivity contribution in [1.29, 1.82) is 0 Å². The predicted molar refractivity (Wildman–Crippen MR) is 38.3 cm³/mol. The van der Waals surface area contributed by atoms with Crippen LogP contribution in [-0.4, -0.2) is 4.98 Å². The molecule has 0 radical (unpaired) electrons. The van der Waals surface area contributed by atoms with E-state index in [4.69, 9.17) is 2.78 Å². The maximum absolute atomic E-state index is 7.40. The summed E-state index contributed by atoms with van der Waals surface area (Å²) in [4.78, 5) is 1.12. The molecule has 44 valence electrons. The summed E-state index contributed by atoms with van der Waals surface area (Å²) < 4.78 is 14.7. The van der Waals surface area contributed by atoms with E-state index in [1.807, 2.05) is 24.3 Å². The van der Waals surface area contributed by atoms with Gasteiger partial charge in [-0.1, -0.05) is 18.2 Å². The third-order valence-electron chi connectivity index (χ3n) is 1.34. The Hall–Kier alpha value is -1.24. The molecule has 1 nitrogen and oxygen atoms in total. The zero-order chi connectivity index (χ0) is 7.84. The lowest BCUT2D eigenvalue weighted by atomic mass is 10.3. The van der Waals surface area contributed by atoms with Crippen molar-refractivity contribution in [2.45, 2.75) is 0 Å². The van der Waals surface area contributed by atoms with Crippen molar-refractivity contribution in [3.63, 3.8) is 0 Å². The maximum Gasteiger partial charge on any atom is 0.166 e. The summed E-state index contributed by atoms with van der Waals surface area (Å²) in [5.41, 5.74) is 0.789. The summed E-state index contributed by atoms with van der Waals surface area (Å²) >= 11 is 0. The summed E-state index contributed by atoms with van der Waals surface area (Å²) in [5, 5.41) is 0.951. The Bertz CT molecular complexity index is 392. The van der Waals surface area contributed by atoms with Gasteiger partial charge in [0.05, 0.1) is 1.37 Å². The number of aromatic amines is 1. The summed E-state index contributed by atoms with van der Waals surface area (Å²) in [5.74, 6) is 0. The fraction of sp³-hybridized carbons (Fsp3) is 0. The van der Waals surface area contributed by atoms with Gasteiger partial charge in [-0.2, -0.15) is 0 Å². The lowest BCUT2D eigenvalue weighted by Crippen LogP contribution is -1.61. The number of rotatable bonds is 0. The lowest BCUT2D eigenvalue weighted by Gasteiger charge is -1.83. The highest BCUT2D eigenvalue weighted by Gasteiger charge is 1.86. The maximum atomic E-state index is 7.40. The van der Waals surface area contributed by atoms with E-state index in [1.54, 1.807) is 6.07 Å². The van der Waals surface area contributed by atoms with Crippen LogP contribution in [0.25, 0.3) is 10.9 Å². The molecule has 1 heterocycles. The Morgan fingerprint density at radius 2 is 2.22 bits per heavy atom. The van der Waals surface area contributed by atoms with Crippen LogP contribution in [0.5, 0.6) is 0 Å². The molecule has 0 bridgehead atoms. The summed E-state index contributed by atoms with van der Waals surface area (Å²) in [7, 11) is 0. The van der Waals surface area contributed by atoms with Crippen molar-refractivity contribution in [3.8, 4) is 0 Å². The van der Waals surface area contributed by atoms with Gasteiger partial charge in [0.1, 0.15) is 0 Å². The monoisotopic (exact) mass is 119 g/mol. The number of fused-ring (bicyclic) bond motifs is 1. The van der Waals surface area contributed by atoms with E-state index in [1.165, 1.54) is 0 Å². The summed E-state index contributed by atoms with van der Waals surface area (Å²) in [6, 6.07) is 9.19. The molecule has 0 fully saturated rings. The van der Waals surface area contributed by atoms with Crippen molar-refractivity contribution >= 4 is 10.9 Å². The van der Waals surface area contributed by atoms with Crippen LogP contribution in [0, 0.1) is 0 Å². The van der Waals surface area contributed by atoms with E-state index in [-0.39, 0.29) is 6.17 Å². The second kappa shape index (κ2) is 1.62. The van der Waals surface area contributed by atoms with Crippen LogP contribution < -0.4 is 0 Å². The van der Waals surface area contributed by atoms with Gasteiger partial charge in [-0.3, -0.25) is 0 Å². The first-order valence-electron chi connectivity index (χ1n) is 3.80. The Kier molecular flexibility index (Phi) is 0.552. The van der Waals surface area contributed by atoms with Crippen LogP contribution in [0.1, 0.15) is 1.37 Å². The number of H-pyrrole nitrogens is 1. The van der Waals surface area contributed by atoms with Gasteiger partial charge in [0.2, 0.25) is 0 Å². The molecule has 2 aromatic rings. The first-order chi connectivity index (χ1) is 5.29. The average molecular weight is 119 g/mol. The lowest BCUT2D eigenvalue weighted by molar-refractivity contribution is 1.48. The van der Waals surface area contributed by atoms with Gasteiger partial charge < -0.3 is 4.98 Å². The Morgan fingerprint density at radius 1 is 1.33 bits per heavy atom. The molecule has 0 saturated heterocycles. The van der Waals surface area contributed by atoms with Crippen molar-refractivity contribution in [2.24, 2.45) is 0 Å². The fourth-order valence-corrected chi connectivity index (χ4v) is 0.883. The summed E-state index contributed by atoms with van der Waals surface area (Å²) in [6.45, 7) is 0. The molecule has 2 rings (SSSR count). The SMILES string of the molecule is [2H]c1cc2ccccc2n1[2H]. The minimum atomic E-state index is 0.228. The molecule has 0 amide bonds. The van der Waals surface area contributed by atoms with E-state index >= 15 is 0 Å². The molecule has 0 aliphatic heterocycles. The van der Waals surface area contributed by atoms with E-state index < -0.39 is 0 Å². The van der Waals surface area contributed by atoms with Crippen LogP contribution in [0.2, 0.25) is 1.41 Å². The second-order valence-electron chi connectivity index (χ2n) is 1.94. The number of benzene rings is 1. The van der Waals surface area contributed by atoms with Crippen molar-refractivity contribution < 1.29 is 2.78 Å². The smallest absolute Gasteiger partial charge is 0.166 e. The van der Waals surface area contributed by atoms with Crippen LogP contribution >= 0.6 is 0 Å². The zero-order valence-corrected chi connectivity index (χ0v) is 4.83. The highest BCUT2D eigenvalue weighted by atomic mass is 14.6. The highest BCUT2D eigenvalue weighted by molar-refractivity contribution is 5.78. The van der Waals surface area contributed by atoms with Gasteiger partial charge >= 0.3 is 0 Å². The molecular formula is C8H7N. The van der Waals surface area contributed by atoms with E-state index in [0.29, 0.717) is 0 Å². The van der Waals surface area contributed by atoms with Gasteiger partial charge in [-0.15, -0.1) is 0 Å². The predicted octanol–water partition coefficient (Wildman–Crippen LogP) is 2.17. The van der Waals surface area contributed by atoms with Gasteiger partial charge in [-0.25, -0.2) is 0 Å². The van der Waals surface area contributed by atoms with E-state index in [2.05, 4.69) is 0 Å². The molecule has 0 saturated carbocycles. The number of aromatic nitrogens is 1.